The molecule has 0 saturated heterocycles. The zero-order chi connectivity index (χ0) is 27.4. The van der Waals surface area contributed by atoms with E-state index in [-0.39, 0.29) is 25.2 Å². The molecule has 0 radical (unpaired) electrons. The van der Waals surface area contributed by atoms with Crippen molar-refractivity contribution in [2.24, 2.45) is 10.8 Å². The first-order chi connectivity index (χ1) is 18.2. The fraction of sp³-hybridized carbons (Fsp3) is 0.375. The van der Waals surface area contributed by atoms with Crippen molar-refractivity contribution in [2.75, 3.05) is 13.2 Å². The number of esters is 2. The molecule has 0 unspecified atom stereocenters. The van der Waals surface area contributed by atoms with E-state index in [4.69, 9.17) is 18.9 Å². The van der Waals surface area contributed by atoms with Crippen LogP contribution in [0.2, 0.25) is 0 Å². The molecule has 0 aliphatic rings. The Labute approximate surface area is 225 Å². The van der Waals surface area contributed by atoms with Crippen molar-refractivity contribution in [1.82, 2.24) is 0 Å². The van der Waals surface area contributed by atoms with Crippen molar-refractivity contribution >= 4 is 11.9 Å². The van der Waals surface area contributed by atoms with Gasteiger partial charge in [-0.3, -0.25) is 9.59 Å². The van der Waals surface area contributed by atoms with Crippen LogP contribution in [0.25, 0.3) is 0 Å². The molecule has 202 valence electrons. The number of carbonyl (C=O) groups is 2. The average Bonchev–Trinajstić information content (AvgIpc) is 2.92. The van der Waals surface area contributed by atoms with Gasteiger partial charge in [-0.2, -0.15) is 0 Å². The maximum Gasteiger partial charge on any atom is 0.311 e. The summed E-state index contributed by atoms with van der Waals surface area (Å²) < 4.78 is 22.6. The minimum absolute atomic E-state index is 0.249. The topological polar surface area (TPSA) is 71.1 Å². The SMILES string of the molecule is CC(C)(CCOc1ccc(OCCC(C)(C)C(=O)OCc2ccccc2)cc1)C(=O)OCc1ccccc1. The number of hydrogen-bond donors (Lipinski definition) is 0. The van der Waals surface area contributed by atoms with Gasteiger partial charge in [0.15, 0.2) is 0 Å². The van der Waals surface area contributed by atoms with Crippen molar-refractivity contribution < 1.29 is 28.5 Å². The molecular weight excluding hydrogens is 480 g/mol. The molecule has 6 heteroatoms. The highest BCUT2D eigenvalue weighted by Gasteiger charge is 2.30. The molecule has 3 aromatic rings. The third-order valence-electron chi connectivity index (χ3n) is 6.35. The molecule has 0 aromatic heterocycles. The highest BCUT2D eigenvalue weighted by atomic mass is 16.5. The second-order valence-electron chi connectivity index (χ2n) is 10.6. The maximum atomic E-state index is 12.5. The zero-order valence-corrected chi connectivity index (χ0v) is 22.8. The average molecular weight is 519 g/mol. The van der Waals surface area contributed by atoms with Gasteiger partial charge >= 0.3 is 11.9 Å². The molecular formula is C32H38O6. The normalized spacial score (nSPS) is 11.5. The molecule has 38 heavy (non-hydrogen) atoms. The van der Waals surface area contributed by atoms with Gasteiger partial charge in [-0.25, -0.2) is 0 Å². The highest BCUT2D eigenvalue weighted by Crippen LogP contribution is 2.26. The van der Waals surface area contributed by atoms with E-state index in [1.165, 1.54) is 0 Å². The summed E-state index contributed by atoms with van der Waals surface area (Å²) >= 11 is 0. The van der Waals surface area contributed by atoms with Gasteiger partial charge in [0.2, 0.25) is 0 Å². The summed E-state index contributed by atoms with van der Waals surface area (Å²) in [4.78, 5) is 25.0. The number of hydrogen-bond acceptors (Lipinski definition) is 6. The zero-order valence-electron chi connectivity index (χ0n) is 22.8. The second kappa shape index (κ2) is 13.7. The number of rotatable bonds is 14. The van der Waals surface area contributed by atoms with Gasteiger partial charge in [0.25, 0.3) is 0 Å². The fourth-order valence-corrected chi connectivity index (χ4v) is 3.52. The number of carbonyl (C=O) groups excluding carboxylic acids is 2. The van der Waals surface area contributed by atoms with E-state index in [0.29, 0.717) is 37.6 Å². The van der Waals surface area contributed by atoms with E-state index in [0.717, 1.165) is 11.1 Å². The predicted octanol–water partition coefficient (Wildman–Crippen LogP) is 6.76. The summed E-state index contributed by atoms with van der Waals surface area (Å²) in [5, 5.41) is 0. The van der Waals surface area contributed by atoms with Crippen LogP contribution in [0.15, 0.2) is 84.9 Å². The molecule has 0 bridgehead atoms. The summed E-state index contributed by atoms with van der Waals surface area (Å²) in [5.74, 6) is 0.882. The molecule has 0 heterocycles. The lowest BCUT2D eigenvalue weighted by molar-refractivity contribution is -0.156. The van der Waals surface area contributed by atoms with Crippen LogP contribution in [0.3, 0.4) is 0 Å². The Hall–Kier alpha value is -3.80. The lowest BCUT2D eigenvalue weighted by Crippen LogP contribution is -2.28. The molecule has 0 N–H and O–H groups in total. The number of ether oxygens (including phenoxy) is 4. The number of benzene rings is 3. The van der Waals surface area contributed by atoms with Gasteiger partial charge in [-0.15, -0.1) is 0 Å². The molecule has 3 aromatic carbocycles. The van der Waals surface area contributed by atoms with Crippen molar-refractivity contribution in [3.63, 3.8) is 0 Å². The highest BCUT2D eigenvalue weighted by molar-refractivity contribution is 5.76. The predicted molar refractivity (Wildman–Crippen MR) is 147 cm³/mol. The summed E-state index contributed by atoms with van der Waals surface area (Å²) in [6, 6.07) is 26.6. The third kappa shape index (κ3) is 9.25. The van der Waals surface area contributed by atoms with Crippen molar-refractivity contribution in [3.05, 3.63) is 96.1 Å². The second-order valence-corrected chi connectivity index (χ2v) is 10.6. The van der Waals surface area contributed by atoms with Crippen LogP contribution in [-0.4, -0.2) is 25.2 Å². The molecule has 0 aliphatic heterocycles. The minimum Gasteiger partial charge on any atom is -0.494 e. The summed E-state index contributed by atoms with van der Waals surface area (Å²) in [5.41, 5.74) is 0.600. The monoisotopic (exact) mass is 518 g/mol. The van der Waals surface area contributed by atoms with E-state index in [1.54, 1.807) is 0 Å². The lowest BCUT2D eigenvalue weighted by Gasteiger charge is -2.23. The third-order valence-corrected chi connectivity index (χ3v) is 6.35. The van der Waals surface area contributed by atoms with E-state index < -0.39 is 10.8 Å². The molecule has 0 spiro atoms. The minimum atomic E-state index is -0.660. The fourth-order valence-electron chi connectivity index (χ4n) is 3.52. The first-order valence-electron chi connectivity index (χ1n) is 12.9. The van der Waals surface area contributed by atoms with Crippen LogP contribution < -0.4 is 9.47 Å². The van der Waals surface area contributed by atoms with E-state index in [9.17, 15) is 9.59 Å². The van der Waals surface area contributed by atoms with Gasteiger partial charge in [0.1, 0.15) is 24.7 Å². The summed E-state index contributed by atoms with van der Waals surface area (Å²) in [6.07, 6.45) is 1.04. The van der Waals surface area contributed by atoms with Gasteiger partial charge in [0, 0.05) is 0 Å². The van der Waals surface area contributed by atoms with Crippen LogP contribution in [0.4, 0.5) is 0 Å². The van der Waals surface area contributed by atoms with Gasteiger partial charge in [-0.05, 0) is 75.9 Å². The Morgan fingerprint density at radius 2 is 0.895 bits per heavy atom. The van der Waals surface area contributed by atoms with Crippen LogP contribution in [0, 0.1) is 10.8 Å². The van der Waals surface area contributed by atoms with E-state index >= 15 is 0 Å². The molecule has 3 rings (SSSR count). The summed E-state index contributed by atoms with van der Waals surface area (Å²) in [7, 11) is 0. The summed E-state index contributed by atoms with van der Waals surface area (Å²) in [6.45, 7) is 8.73. The quantitative estimate of drug-likeness (QED) is 0.220. The lowest BCUT2D eigenvalue weighted by atomic mass is 9.90. The van der Waals surface area contributed by atoms with Crippen LogP contribution in [-0.2, 0) is 32.3 Å². The largest absolute Gasteiger partial charge is 0.494 e. The van der Waals surface area contributed by atoms with Crippen molar-refractivity contribution in [2.45, 2.75) is 53.8 Å². The van der Waals surface area contributed by atoms with Gasteiger partial charge in [-0.1, -0.05) is 60.7 Å². The van der Waals surface area contributed by atoms with Crippen LogP contribution in [0.1, 0.15) is 51.7 Å². The van der Waals surface area contributed by atoms with Gasteiger partial charge in [0.05, 0.1) is 24.0 Å². The van der Waals surface area contributed by atoms with E-state index in [1.807, 2.05) is 113 Å². The molecule has 6 nitrogen and oxygen atoms in total. The van der Waals surface area contributed by atoms with Crippen LogP contribution >= 0.6 is 0 Å². The standard InChI is InChI=1S/C32H38O6/c1-31(2,29(33)37-23-25-11-7-5-8-12-25)19-21-35-27-15-17-28(18-16-27)36-22-20-32(3,4)30(34)38-24-26-13-9-6-10-14-26/h5-18H,19-24H2,1-4H3. The van der Waals surface area contributed by atoms with Crippen LogP contribution in [0.5, 0.6) is 11.5 Å². The maximum absolute atomic E-state index is 12.5. The van der Waals surface area contributed by atoms with Crippen molar-refractivity contribution in [3.8, 4) is 11.5 Å². The molecule has 0 atom stereocenters. The molecule has 0 fully saturated rings. The Kier molecular flexibility index (Phi) is 10.3. The molecule has 0 aliphatic carbocycles. The Bertz CT molecular complexity index is 1050. The molecule has 0 amide bonds. The first kappa shape index (κ1) is 28.8. The van der Waals surface area contributed by atoms with Gasteiger partial charge < -0.3 is 18.9 Å². The van der Waals surface area contributed by atoms with E-state index in [2.05, 4.69) is 0 Å². The smallest absolute Gasteiger partial charge is 0.311 e. The Morgan fingerprint density at radius 3 is 1.24 bits per heavy atom. The Morgan fingerprint density at radius 1 is 0.553 bits per heavy atom. The van der Waals surface area contributed by atoms with Crippen molar-refractivity contribution in [1.29, 1.82) is 0 Å². The Balaban J connectivity index is 1.35. The molecule has 0 saturated carbocycles. The first-order valence-corrected chi connectivity index (χ1v) is 12.9.